The summed E-state index contributed by atoms with van der Waals surface area (Å²) in [6.07, 6.45) is 3.73. The Kier molecular flexibility index (Phi) is 1.45. The van der Waals surface area contributed by atoms with Crippen molar-refractivity contribution in [2.75, 3.05) is 0 Å². The molecule has 0 bridgehead atoms. The summed E-state index contributed by atoms with van der Waals surface area (Å²) < 4.78 is 0. The van der Waals surface area contributed by atoms with Crippen LogP contribution in [-0.4, -0.2) is 16.4 Å². The molecule has 0 spiro atoms. The first-order valence-electron chi connectivity index (χ1n) is 4.74. The molecule has 0 radical (unpaired) electrons. The van der Waals surface area contributed by atoms with Gasteiger partial charge in [0.1, 0.15) is 5.60 Å². The number of nitrogens with one attached hydrogen (secondary N) is 1. The van der Waals surface area contributed by atoms with Crippen molar-refractivity contribution in [3.05, 3.63) is 0 Å². The van der Waals surface area contributed by atoms with Crippen LogP contribution in [0.3, 0.4) is 0 Å². The molecule has 2 saturated carbocycles. The van der Waals surface area contributed by atoms with E-state index >= 15 is 0 Å². The van der Waals surface area contributed by atoms with Crippen molar-refractivity contribution in [2.24, 2.45) is 11.3 Å². The van der Waals surface area contributed by atoms with Gasteiger partial charge in [-0.05, 0) is 37.0 Å². The Morgan fingerprint density at radius 3 is 2.75 bits per heavy atom. The zero-order chi connectivity index (χ0) is 8.98. The highest BCUT2D eigenvalue weighted by Crippen LogP contribution is 2.53. The predicted octanol–water partition coefficient (Wildman–Crippen LogP) is 1.97. The predicted molar refractivity (Wildman–Crippen MR) is 48.4 cm³/mol. The number of fused-ring (bicyclic) bond motifs is 1. The highest BCUT2D eigenvalue weighted by molar-refractivity contribution is 5.92. The maximum atomic E-state index is 10.2. The summed E-state index contributed by atoms with van der Waals surface area (Å²) in [6, 6.07) is 0. The Bertz CT molecular complexity index is 234. The molecular weight excluding hydrogens is 150 g/mol. The molecule has 2 aliphatic carbocycles. The van der Waals surface area contributed by atoms with Gasteiger partial charge in [-0.25, -0.2) is 0 Å². The second-order valence-corrected chi connectivity index (χ2v) is 5.18. The van der Waals surface area contributed by atoms with Crippen LogP contribution < -0.4 is 0 Å². The quantitative estimate of drug-likeness (QED) is 0.569. The summed E-state index contributed by atoms with van der Waals surface area (Å²) in [5, 5.41) is 17.9. The Labute approximate surface area is 73.5 Å². The molecule has 0 aromatic heterocycles. The van der Waals surface area contributed by atoms with E-state index in [2.05, 4.69) is 13.8 Å². The lowest BCUT2D eigenvalue weighted by Crippen LogP contribution is -2.36. The van der Waals surface area contributed by atoms with Crippen LogP contribution in [0, 0.1) is 16.7 Å². The molecule has 2 aliphatic rings. The van der Waals surface area contributed by atoms with Crippen molar-refractivity contribution in [1.29, 1.82) is 5.41 Å². The maximum Gasteiger partial charge on any atom is 0.105 e. The van der Waals surface area contributed by atoms with E-state index in [0.717, 1.165) is 25.7 Å². The zero-order valence-corrected chi connectivity index (χ0v) is 7.85. The van der Waals surface area contributed by atoms with Gasteiger partial charge < -0.3 is 10.5 Å². The molecule has 0 unspecified atom stereocenters. The van der Waals surface area contributed by atoms with Crippen LogP contribution in [0.5, 0.6) is 0 Å². The van der Waals surface area contributed by atoms with E-state index in [1.165, 1.54) is 0 Å². The zero-order valence-electron chi connectivity index (χ0n) is 7.85. The Balaban J connectivity index is 2.29. The number of aliphatic hydroxyl groups is 1. The molecule has 0 amide bonds. The highest BCUT2D eigenvalue weighted by Gasteiger charge is 2.54. The molecule has 0 saturated heterocycles. The SMILES string of the molecule is CC1(C)C[C@H]2CCC(=N)[C@@]2(O)C1. The summed E-state index contributed by atoms with van der Waals surface area (Å²) >= 11 is 0. The van der Waals surface area contributed by atoms with Crippen LogP contribution in [0.2, 0.25) is 0 Å². The Morgan fingerprint density at radius 2 is 2.17 bits per heavy atom. The van der Waals surface area contributed by atoms with Crippen LogP contribution in [0.15, 0.2) is 0 Å². The largest absolute Gasteiger partial charge is 0.384 e. The van der Waals surface area contributed by atoms with Crippen molar-refractivity contribution >= 4 is 5.71 Å². The van der Waals surface area contributed by atoms with Crippen LogP contribution >= 0.6 is 0 Å². The Hall–Kier alpha value is -0.370. The van der Waals surface area contributed by atoms with Gasteiger partial charge in [0.15, 0.2) is 0 Å². The minimum Gasteiger partial charge on any atom is -0.384 e. The van der Waals surface area contributed by atoms with Gasteiger partial charge >= 0.3 is 0 Å². The minimum atomic E-state index is -0.719. The average molecular weight is 167 g/mol. The van der Waals surface area contributed by atoms with Crippen molar-refractivity contribution in [3.8, 4) is 0 Å². The van der Waals surface area contributed by atoms with Crippen molar-refractivity contribution in [3.63, 3.8) is 0 Å². The van der Waals surface area contributed by atoms with Crippen molar-refractivity contribution in [2.45, 2.75) is 45.1 Å². The first-order chi connectivity index (χ1) is 5.44. The summed E-state index contributed by atoms with van der Waals surface area (Å²) in [4.78, 5) is 0. The third kappa shape index (κ3) is 0.939. The fourth-order valence-corrected chi connectivity index (χ4v) is 3.01. The van der Waals surface area contributed by atoms with Gasteiger partial charge in [-0.3, -0.25) is 0 Å². The monoisotopic (exact) mass is 167 g/mol. The van der Waals surface area contributed by atoms with Crippen molar-refractivity contribution in [1.82, 2.24) is 0 Å². The smallest absolute Gasteiger partial charge is 0.105 e. The average Bonchev–Trinajstić information content (AvgIpc) is 2.27. The fraction of sp³-hybridized carbons (Fsp3) is 0.900. The molecule has 2 rings (SSSR count). The summed E-state index contributed by atoms with van der Waals surface area (Å²) in [6.45, 7) is 4.38. The van der Waals surface area contributed by atoms with Crippen molar-refractivity contribution < 1.29 is 5.11 Å². The number of hydrogen-bond donors (Lipinski definition) is 2. The molecule has 2 nitrogen and oxygen atoms in total. The molecule has 0 aliphatic heterocycles. The van der Waals surface area contributed by atoms with E-state index in [9.17, 15) is 5.11 Å². The third-order valence-corrected chi connectivity index (χ3v) is 3.49. The first kappa shape index (κ1) is 8.24. The molecule has 0 aromatic rings. The van der Waals surface area contributed by atoms with E-state index in [-0.39, 0.29) is 5.41 Å². The second-order valence-electron chi connectivity index (χ2n) is 5.18. The van der Waals surface area contributed by atoms with Crippen LogP contribution in [0.1, 0.15) is 39.5 Å². The molecule has 2 N–H and O–H groups in total. The molecule has 2 fully saturated rings. The van der Waals surface area contributed by atoms with E-state index in [4.69, 9.17) is 5.41 Å². The second kappa shape index (κ2) is 2.11. The summed E-state index contributed by atoms with van der Waals surface area (Å²) in [7, 11) is 0. The van der Waals surface area contributed by atoms with Crippen LogP contribution in [-0.2, 0) is 0 Å². The number of hydrogen-bond acceptors (Lipinski definition) is 2. The molecule has 68 valence electrons. The van der Waals surface area contributed by atoms with Gasteiger partial charge in [0.05, 0.1) is 0 Å². The molecule has 0 heterocycles. The first-order valence-corrected chi connectivity index (χ1v) is 4.74. The molecule has 12 heavy (non-hydrogen) atoms. The van der Waals surface area contributed by atoms with E-state index in [1.54, 1.807) is 0 Å². The van der Waals surface area contributed by atoms with Crippen LogP contribution in [0.4, 0.5) is 0 Å². The van der Waals surface area contributed by atoms with Crippen LogP contribution in [0.25, 0.3) is 0 Å². The molecule has 2 heteroatoms. The topological polar surface area (TPSA) is 44.1 Å². The minimum absolute atomic E-state index is 0.242. The lowest BCUT2D eigenvalue weighted by molar-refractivity contribution is 0.0778. The van der Waals surface area contributed by atoms with E-state index in [1.807, 2.05) is 0 Å². The fourth-order valence-electron chi connectivity index (χ4n) is 3.01. The van der Waals surface area contributed by atoms with Gasteiger partial charge in [-0.15, -0.1) is 0 Å². The van der Waals surface area contributed by atoms with Gasteiger partial charge in [0.2, 0.25) is 0 Å². The van der Waals surface area contributed by atoms with E-state index < -0.39 is 5.60 Å². The summed E-state index contributed by atoms with van der Waals surface area (Å²) in [5.41, 5.74) is 0.105. The van der Waals surface area contributed by atoms with Gasteiger partial charge in [0.25, 0.3) is 0 Å². The van der Waals surface area contributed by atoms with E-state index in [0.29, 0.717) is 11.6 Å². The molecule has 2 atom stereocenters. The van der Waals surface area contributed by atoms with Gasteiger partial charge in [-0.1, -0.05) is 13.8 Å². The standard InChI is InChI=1S/C10H17NO/c1-9(2)5-7-3-4-8(11)10(7,12)6-9/h7,11-12H,3-6H2,1-2H3/t7-,10-/m1/s1. The Morgan fingerprint density at radius 1 is 1.50 bits per heavy atom. The van der Waals surface area contributed by atoms with Gasteiger partial charge in [-0.2, -0.15) is 0 Å². The maximum absolute atomic E-state index is 10.2. The van der Waals surface area contributed by atoms with Gasteiger partial charge in [0, 0.05) is 5.71 Å². The lowest BCUT2D eigenvalue weighted by Gasteiger charge is -2.24. The highest BCUT2D eigenvalue weighted by atomic mass is 16.3. The third-order valence-electron chi connectivity index (χ3n) is 3.49. The lowest BCUT2D eigenvalue weighted by atomic mass is 9.87. The normalized spacial score (nSPS) is 44.9. The molecular formula is C10H17NO. The number of rotatable bonds is 0. The molecule has 0 aromatic carbocycles. The summed E-state index contributed by atoms with van der Waals surface area (Å²) in [5.74, 6) is 0.375.